The number of methoxy groups -OCH3 is 1. The Kier molecular flexibility index (Phi) is 6.62. The normalized spacial score (nSPS) is 12.5. The fourth-order valence-corrected chi connectivity index (χ4v) is 3.70. The fourth-order valence-electron chi connectivity index (χ4n) is 2.64. The number of amides is 1. The SMILES string of the molecule is COc1cccc(-n2ccnc2SC(C)C(=O)Nc2ccc(Cl)cc2C(F)(F)F)c1. The van der Waals surface area contributed by atoms with Crippen LogP contribution >= 0.6 is 23.4 Å². The molecule has 0 saturated heterocycles. The van der Waals surface area contributed by atoms with E-state index in [1.54, 1.807) is 43.1 Å². The predicted molar refractivity (Wildman–Crippen MR) is 111 cm³/mol. The number of hydrogen-bond donors (Lipinski definition) is 1. The zero-order valence-electron chi connectivity index (χ0n) is 15.9. The summed E-state index contributed by atoms with van der Waals surface area (Å²) < 4.78 is 46.7. The quantitative estimate of drug-likeness (QED) is 0.486. The van der Waals surface area contributed by atoms with E-state index in [0.717, 1.165) is 29.6 Å². The third-order valence-electron chi connectivity index (χ3n) is 4.13. The van der Waals surface area contributed by atoms with E-state index >= 15 is 0 Å². The Hall–Kier alpha value is -2.65. The number of imidazole rings is 1. The van der Waals surface area contributed by atoms with Gasteiger partial charge in [-0.1, -0.05) is 29.4 Å². The van der Waals surface area contributed by atoms with Gasteiger partial charge in [-0.2, -0.15) is 13.2 Å². The summed E-state index contributed by atoms with van der Waals surface area (Å²) in [6.45, 7) is 1.59. The number of alkyl halides is 3. The lowest BCUT2D eigenvalue weighted by atomic mass is 10.1. The first-order chi connectivity index (χ1) is 14.2. The zero-order valence-corrected chi connectivity index (χ0v) is 17.5. The van der Waals surface area contributed by atoms with Gasteiger partial charge in [-0.15, -0.1) is 0 Å². The van der Waals surface area contributed by atoms with Gasteiger partial charge in [-0.3, -0.25) is 9.36 Å². The summed E-state index contributed by atoms with van der Waals surface area (Å²) in [7, 11) is 1.56. The molecule has 0 bridgehead atoms. The number of anilines is 1. The van der Waals surface area contributed by atoms with Gasteiger partial charge in [0, 0.05) is 23.5 Å². The maximum Gasteiger partial charge on any atom is 0.418 e. The fraction of sp³-hybridized carbons (Fsp3) is 0.200. The van der Waals surface area contributed by atoms with E-state index in [9.17, 15) is 18.0 Å². The summed E-state index contributed by atoms with van der Waals surface area (Å²) >= 11 is 6.80. The van der Waals surface area contributed by atoms with Crippen molar-refractivity contribution < 1.29 is 22.7 Å². The molecule has 5 nitrogen and oxygen atoms in total. The average Bonchev–Trinajstić information content (AvgIpc) is 3.16. The Balaban J connectivity index is 1.78. The van der Waals surface area contributed by atoms with Gasteiger partial charge >= 0.3 is 6.18 Å². The van der Waals surface area contributed by atoms with Crippen LogP contribution in [0.2, 0.25) is 5.02 Å². The zero-order chi connectivity index (χ0) is 21.9. The van der Waals surface area contributed by atoms with Gasteiger partial charge in [0.05, 0.1) is 29.3 Å². The Morgan fingerprint density at radius 2 is 2.03 bits per heavy atom. The van der Waals surface area contributed by atoms with Crippen LogP contribution in [-0.2, 0) is 11.0 Å². The number of carbonyl (C=O) groups is 1. The highest BCUT2D eigenvalue weighted by atomic mass is 35.5. The molecule has 10 heteroatoms. The van der Waals surface area contributed by atoms with E-state index in [-0.39, 0.29) is 10.7 Å². The third-order valence-corrected chi connectivity index (χ3v) is 5.45. The number of hydrogen-bond acceptors (Lipinski definition) is 4. The van der Waals surface area contributed by atoms with Crippen LogP contribution in [0.15, 0.2) is 60.0 Å². The molecule has 0 aliphatic heterocycles. The topological polar surface area (TPSA) is 56.2 Å². The van der Waals surface area contributed by atoms with Crippen LogP contribution in [0.25, 0.3) is 5.69 Å². The number of nitrogens with one attached hydrogen (secondary N) is 1. The van der Waals surface area contributed by atoms with Gasteiger partial charge in [-0.05, 0) is 37.3 Å². The first-order valence-electron chi connectivity index (χ1n) is 8.71. The van der Waals surface area contributed by atoms with Gasteiger partial charge in [0.1, 0.15) is 5.75 Å². The standard InChI is InChI=1S/C20H17ClF3N3O2S/c1-12(18(28)26-17-7-6-13(21)10-16(17)20(22,23)24)30-19-25-8-9-27(19)14-4-3-5-15(11-14)29-2/h3-12H,1-2H3,(H,26,28). The second kappa shape index (κ2) is 9.01. The predicted octanol–water partition coefficient (Wildman–Crippen LogP) is 5.67. The lowest BCUT2D eigenvalue weighted by molar-refractivity contribution is -0.137. The second-order valence-electron chi connectivity index (χ2n) is 6.22. The van der Waals surface area contributed by atoms with Crippen LogP contribution in [0.4, 0.5) is 18.9 Å². The smallest absolute Gasteiger partial charge is 0.418 e. The Morgan fingerprint density at radius 3 is 2.73 bits per heavy atom. The van der Waals surface area contributed by atoms with Crippen molar-refractivity contribution in [1.29, 1.82) is 0 Å². The molecular formula is C20H17ClF3N3O2S. The van der Waals surface area contributed by atoms with E-state index in [1.165, 1.54) is 6.07 Å². The summed E-state index contributed by atoms with van der Waals surface area (Å²) in [4.78, 5) is 16.8. The van der Waals surface area contributed by atoms with Crippen LogP contribution in [0.3, 0.4) is 0 Å². The summed E-state index contributed by atoms with van der Waals surface area (Å²) in [6, 6.07) is 10.5. The first kappa shape index (κ1) is 22.0. The molecule has 1 aromatic heterocycles. The third kappa shape index (κ3) is 5.09. The summed E-state index contributed by atoms with van der Waals surface area (Å²) in [5.41, 5.74) is -0.571. The Labute approximate surface area is 180 Å². The molecule has 1 heterocycles. The molecule has 1 amide bonds. The van der Waals surface area contributed by atoms with E-state index in [2.05, 4.69) is 10.3 Å². The molecule has 0 aliphatic carbocycles. The number of thioether (sulfide) groups is 1. The molecule has 3 rings (SSSR count). The lowest BCUT2D eigenvalue weighted by Gasteiger charge is -2.17. The molecule has 1 atom stereocenters. The van der Waals surface area contributed by atoms with Gasteiger partial charge in [0.25, 0.3) is 0 Å². The van der Waals surface area contributed by atoms with Crippen molar-refractivity contribution in [3.63, 3.8) is 0 Å². The summed E-state index contributed by atoms with van der Waals surface area (Å²) in [6.07, 6.45) is -1.34. The highest BCUT2D eigenvalue weighted by Gasteiger charge is 2.34. The number of ether oxygens (including phenoxy) is 1. The van der Waals surface area contributed by atoms with Crippen molar-refractivity contribution in [3.8, 4) is 11.4 Å². The molecular weight excluding hydrogens is 439 g/mol. The monoisotopic (exact) mass is 455 g/mol. The molecule has 0 fully saturated rings. The first-order valence-corrected chi connectivity index (χ1v) is 9.97. The maximum absolute atomic E-state index is 13.2. The molecule has 2 aromatic carbocycles. The number of rotatable bonds is 6. The lowest BCUT2D eigenvalue weighted by Crippen LogP contribution is -2.24. The minimum Gasteiger partial charge on any atom is -0.497 e. The Bertz CT molecular complexity index is 1060. The Morgan fingerprint density at radius 1 is 1.27 bits per heavy atom. The number of aromatic nitrogens is 2. The number of halogens is 4. The highest BCUT2D eigenvalue weighted by molar-refractivity contribution is 8.00. The molecule has 0 aliphatic rings. The molecule has 0 saturated carbocycles. The van der Waals surface area contributed by atoms with E-state index in [4.69, 9.17) is 16.3 Å². The van der Waals surface area contributed by atoms with Gasteiger partial charge in [0.15, 0.2) is 5.16 Å². The largest absolute Gasteiger partial charge is 0.497 e. The van der Waals surface area contributed by atoms with Crippen LogP contribution in [0.5, 0.6) is 5.75 Å². The van der Waals surface area contributed by atoms with E-state index < -0.39 is 22.9 Å². The minimum absolute atomic E-state index is 0.0666. The summed E-state index contributed by atoms with van der Waals surface area (Å²) in [5.74, 6) is 0.0679. The van der Waals surface area contributed by atoms with Crippen LogP contribution in [0, 0.1) is 0 Å². The number of carbonyl (C=O) groups excluding carboxylic acids is 1. The van der Waals surface area contributed by atoms with Gasteiger partial charge in [-0.25, -0.2) is 4.98 Å². The minimum atomic E-state index is -4.65. The van der Waals surface area contributed by atoms with Crippen LogP contribution < -0.4 is 10.1 Å². The van der Waals surface area contributed by atoms with Crippen LogP contribution in [0.1, 0.15) is 12.5 Å². The number of benzene rings is 2. The molecule has 0 spiro atoms. The molecule has 158 valence electrons. The molecule has 30 heavy (non-hydrogen) atoms. The van der Waals surface area contributed by atoms with Crippen molar-refractivity contribution in [2.45, 2.75) is 23.5 Å². The van der Waals surface area contributed by atoms with E-state index in [1.807, 2.05) is 12.1 Å². The molecule has 1 unspecified atom stereocenters. The van der Waals surface area contributed by atoms with E-state index in [0.29, 0.717) is 10.9 Å². The van der Waals surface area contributed by atoms with Crippen LogP contribution in [-0.4, -0.2) is 27.8 Å². The van der Waals surface area contributed by atoms with Crippen molar-refractivity contribution >= 4 is 35.0 Å². The highest BCUT2D eigenvalue weighted by Crippen LogP contribution is 2.37. The van der Waals surface area contributed by atoms with Gasteiger partial charge < -0.3 is 10.1 Å². The van der Waals surface area contributed by atoms with Crippen molar-refractivity contribution in [2.75, 3.05) is 12.4 Å². The second-order valence-corrected chi connectivity index (χ2v) is 7.96. The van der Waals surface area contributed by atoms with Crippen molar-refractivity contribution in [2.24, 2.45) is 0 Å². The number of nitrogens with zero attached hydrogens (tertiary/aromatic N) is 2. The maximum atomic E-state index is 13.2. The average molecular weight is 456 g/mol. The van der Waals surface area contributed by atoms with Gasteiger partial charge in [0.2, 0.25) is 5.91 Å². The molecule has 0 radical (unpaired) electrons. The van der Waals surface area contributed by atoms with Crippen molar-refractivity contribution in [3.05, 3.63) is 65.4 Å². The van der Waals surface area contributed by atoms with Crippen molar-refractivity contribution in [1.82, 2.24) is 9.55 Å². The summed E-state index contributed by atoms with van der Waals surface area (Å²) in [5, 5.41) is 2.07. The molecule has 1 N–H and O–H groups in total. The molecule has 3 aromatic rings.